The van der Waals surface area contributed by atoms with E-state index in [0.717, 1.165) is 22.2 Å². The van der Waals surface area contributed by atoms with Gasteiger partial charge in [-0.2, -0.15) is 5.10 Å². The van der Waals surface area contributed by atoms with Crippen molar-refractivity contribution in [2.75, 3.05) is 0 Å². The SMILES string of the molecule is CC(C)c1nn(C)c2ccc(CC(=O)O)cc12. The van der Waals surface area contributed by atoms with Gasteiger partial charge in [0, 0.05) is 12.4 Å². The molecule has 0 spiro atoms. The third-order valence-corrected chi connectivity index (χ3v) is 2.85. The summed E-state index contributed by atoms with van der Waals surface area (Å²) in [7, 11) is 1.91. The van der Waals surface area contributed by atoms with E-state index in [1.807, 2.05) is 29.9 Å². The lowest BCUT2D eigenvalue weighted by molar-refractivity contribution is -0.136. The number of aliphatic carboxylic acids is 1. The Morgan fingerprint density at radius 3 is 2.76 bits per heavy atom. The number of benzene rings is 1. The molecule has 0 fully saturated rings. The minimum atomic E-state index is -0.806. The van der Waals surface area contributed by atoms with Gasteiger partial charge in [-0.05, 0) is 23.6 Å². The predicted octanol–water partition coefficient (Wildman–Crippen LogP) is 2.32. The monoisotopic (exact) mass is 232 g/mol. The first-order chi connectivity index (χ1) is 7.99. The highest BCUT2D eigenvalue weighted by Gasteiger charge is 2.12. The molecule has 90 valence electrons. The zero-order valence-electron chi connectivity index (χ0n) is 10.3. The van der Waals surface area contributed by atoms with Gasteiger partial charge in [-0.1, -0.05) is 19.9 Å². The van der Waals surface area contributed by atoms with Gasteiger partial charge in [-0.15, -0.1) is 0 Å². The van der Waals surface area contributed by atoms with E-state index in [1.54, 1.807) is 0 Å². The number of aryl methyl sites for hydroxylation is 1. The summed E-state index contributed by atoms with van der Waals surface area (Å²) in [5, 5.41) is 14.3. The minimum absolute atomic E-state index is 0.0579. The number of hydrogen-bond acceptors (Lipinski definition) is 2. The summed E-state index contributed by atoms with van der Waals surface area (Å²) in [5.74, 6) is -0.474. The van der Waals surface area contributed by atoms with Gasteiger partial charge in [-0.3, -0.25) is 9.48 Å². The number of nitrogens with zero attached hydrogens (tertiary/aromatic N) is 2. The summed E-state index contributed by atoms with van der Waals surface area (Å²) in [5.41, 5.74) is 2.89. The van der Waals surface area contributed by atoms with Gasteiger partial charge in [0.1, 0.15) is 0 Å². The third-order valence-electron chi connectivity index (χ3n) is 2.85. The van der Waals surface area contributed by atoms with Crippen molar-refractivity contribution in [3.05, 3.63) is 29.5 Å². The predicted molar refractivity (Wildman–Crippen MR) is 66.1 cm³/mol. The molecular weight excluding hydrogens is 216 g/mol. The van der Waals surface area contributed by atoms with Crippen LogP contribution in [0.15, 0.2) is 18.2 Å². The highest BCUT2D eigenvalue weighted by Crippen LogP contribution is 2.25. The first-order valence-corrected chi connectivity index (χ1v) is 5.66. The lowest BCUT2D eigenvalue weighted by atomic mass is 10.0. The van der Waals surface area contributed by atoms with Gasteiger partial charge in [-0.25, -0.2) is 0 Å². The van der Waals surface area contributed by atoms with Gasteiger partial charge < -0.3 is 5.11 Å². The molecule has 2 rings (SSSR count). The Bertz CT molecular complexity index is 570. The summed E-state index contributed by atoms with van der Waals surface area (Å²) in [6.45, 7) is 4.18. The van der Waals surface area contributed by atoms with Gasteiger partial charge in [0.2, 0.25) is 0 Å². The van der Waals surface area contributed by atoms with Crippen LogP contribution in [0, 0.1) is 0 Å². The molecule has 0 radical (unpaired) electrons. The topological polar surface area (TPSA) is 55.1 Å². The van der Waals surface area contributed by atoms with Crippen molar-refractivity contribution < 1.29 is 9.90 Å². The average Bonchev–Trinajstić information content (AvgIpc) is 2.55. The molecule has 1 aromatic carbocycles. The van der Waals surface area contributed by atoms with Crippen LogP contribution in [0.5, 0.6) is 0 Å². The smallest absolute Gasteiger partial charge is 0.307 e. The van der Waals surface area contributed by atoms with Crippen molar-refractivity contribution in [2.45, 2.75) is 26.2 Å². The molecule has 0 amide bonds. The molecule has 0 saturated carbocycles. The van der Waals surface area contributed by atoms with Gasteiger partial charge in [0.25, 0.3) is 0 Å². The van der Waals surface area contributed by atoms with E-state index in [0.29, 0.717) is 5.92 Å². The molecule has 0 aliphatic carbocycles. The van der Waals surface area contributed by atoms with E-state index in [9.17, 15) is 4.79 Å². The summed E-state index contributed by atoms with van der Waals surface area (Å²) in [6, 6.07) is 5.72. The van der Waals surface area contributed by atoms with E-state index in [2.05, 4.69) is 18.9 Å². The van der Waals surface area contributed by atoms with Crippen LogP contribution in [0.3, 0.4) is 0 Å². The van der Waals surface area contributed by atoms with Crippen LogP contribution in [-0.4, -0.2) is 20.9 Å². The molecule has 0 unspecified atom stereocenters. The number of aromatic nitrogens is 2. The normalized spacial score (nSPS) is 11.3. The summed E-state index contributed by atoms with van der Waals surface area (Å²) in [6.07, 6.45) is 0.0579. The van der Waals surface area contributed by atoms with Crippen LogP contribution in [0.1, 0.15) is 31.0 Å². The number of carboxylic acids is 1. The molecule has 0 aliphatic heterocycles. The molecule has 0 saturated heterocycles. The number of carboxylic acid groups (broad SMARTS) is 1. The van der Waals surface area contributed by atoms with Crippen LogP contribution in [-0.2, 0) is 18.3 Å². The van der Waals surface area contributed by atoms with Crippen LogP contribution in [0.25, 0.3) is 10.9 Å². The second-order valence-corrected chi connectivity index (χ2v) is 4.59. The average molecular weight is 232 g/mol. The standard InChI is InChI=1S/C13H16N2O2/c1-8(2)13-10-6-9(7-12(16)17)4-5-11(10)15(3)14-13/h4-6,8H,7H2,1-3H3,(H,16,17). The zero-order valence-corrected chi connectivity index (χ0v) is 10.3. The highest BCUT2D eigenvalue weighted by atomic mass is 16.4. The van der Waals surface area contributed by atoms with Gasteiger partial charge in [0.05, 0.1) is 17.6 Å². The van der Waals surface area contributed by atoms with E-state index < -0.39 is 5.97 Å². The summed E-state index contributed by atoms with van der Waals surface area (Å²) < 4.78 is 1.84. The van der Waals surface area contributed by atoms with Gasteiger partial charge in [0.15, 0.2) is 0 Å². The maximum atomic E-state index is 10.7. The van der Waals surface area contributed by atoms with Crippen LogP contribution in [0.4, 0.5) is 0 Å². The molecule has 17 heavy (non-hydrogen) atoms. The number of fused-ring (bicyclic) bond motifs is 1. The lowest BCUT2D eigenvalue weighted by Crippen LogP contribution is -1.99. The van der Waals surface area contributed by atoms with Crippen molar-refractivity contribution in [2.24, 2.45) is 7.05 Å². The quantitative estimate of drug-likeness (QED) is 0.883. The largest absolute Gasteiger partial charge is 0.481 e. The Morgan fingerprint density at radius 1 is 1.47 bits per heavy atom. The number of hydrogen-bond donors (Lipinski definition) is 1. The fourth-order valence-corrected chi connectivity index (χ4v) is 2.05. The third kappa shape index (κ3) is 2.16. The fraction of sp³-hybridized carbons (Fsp3) is 0.385. The number of rotatable bonds is 3. The Labute approximate surface area is 99.9 Å². The maximum absolute atomic E-state index is 10.7. The van der Waals surface area contributed by atoms with Crippen molar-refractivity contribution in [3.8, 4) is 0 Å². The zero-order chi connectivity index (χ0) is 12.6. The van der Waals surface area contributed by atoms with Crippen molar-refractivity contribution >= 4 is 16.9 Å². The van der Waals surface area contributed by atoms with Crippen LogP contribution in [0.2, 0.25) is 0 Å². The second kappa shape index (κ2) is 4.20. The Kier molecular flexibility index (Phi) is 2.88. The number of carbonyl (C=O) groups is 1. The van der Waals surface area contributed by atoms with E-state index in [-0.39, 0.29) is 6.42 Å². The molecule has 1 heterocycles. The van der Waals surface area contributed by atoms with E-state index in [1.165, 1.54) is 0 Å². The summed E-state index contributed by atoms with van der Waals surface area (Å²) in [4.78, 5) is 10.7. The van der Waals surface area contributed by atoms with Crippen molar-refractivity contribution in [3.63, 3.8) is 0 Å². The van der Waals surface area contributed by atoms with Crippen molar-refractivity contribution in [1.29, 1.82) is 0 Å². The van der Waals surface area contributed by atoms with E-state index >= 15 is 0 Å². The van der Waals surface area contributed by atoms with Crippen LogP contribution < -0.4 is 0 Å². The van der Waals surface area contributed by atoms with E-state index in [4.69, 9.17) is 5.11 Å². The highest BCUT2D eigenvalue weighted by molar-refractivity contribution is 5.84. The lowest BCUT2D eigenvalue weighted by Gasteiger charge is -2.01. The molecule has 0 aliphatic rings. The Hall–Kier alpha value is -1.84. The first kappa shape index (κ1) is 11.6. The molecule has 1 N–H and O–H groups in total. The minimum Gasteiger partial charge on any atom is -0.481 e. The molecule has 4 heteroatoms. The second-order valence-electron chi connectivity index (χ2n) is 4.59. The molecule has 4 nitrogen and oxygen atoms in total. The van der Waals surface area contributed by atoms with Crippen LogP contribution >= 0.6 is 0 Å². The molecule has 0 atom stereocenters. The molecular formula is C13H16N2O2. The maximum Gasteiger partial charge on any atom is 0.307 e. The summed E-state index contributed by atoms with van der Waals surface area (Å²) >= 11 is 0. The Morgan fingerprint density at radius 2 is 2.18 bits per heavy atom. The Balaban J connectivity index is 2.58. The molecule has 0 bridgehead atoms. The molecule has 1 aromatic heterocycles. The molecule has 2 aromatic rings. The van der Waals surface area contributed by atoms with Crippen molar-refractivity contribution in [1.82, 2.24) is 9.78 Å². The van der Waals surface area contributed by atoms with Gasteiger partial charge >= 0.3 is 5.97 Å². The first-order valence-electron chi connectivity index (χ1n) is 5.66. The fourth-order valence-electron chi connectivity index (χ4n) is 2.05.